The molecular weight excluding hydrogens is 470 g/mol. The van der Waals surface area contributed by atoms with Crippen LogP contribution in [0, 0.1) is 0 Å². The zero-order valence-electron chi connectivity index (χ0n) is 21.1. The van der Waals surface area contributed by atoms with E-state index < -0.39 is 0 Å². The highest BCUT2D eigenvalue weighted by Gasteiger charge is 2.14. The van der Waals surface area contributed by atoms with E-state index in [1.807, 2.05) is 54.7 Å². The Morgan fingerprint density at radius 3 is 2.73 bits per heavy atom. The van der Waals surface area contributed by atoms with Gasteiger partial charge in [-0.3, -0.25) is 5.43 Å². The maximum absolute atomic E-state index is 6.08. The van der Waals surface area contributed by atoms with E-state index >= 15 is 0 Å². The number of hydrogen-bond donors (Lipinski definition) is 2. The van der Waals surface area contributed by atoms with Gasteiger partial charge in [-0.1, -0.05) is 24.3 Å². The van der Waals surface area contributed by atoms with Crippen molar-refractivity contribution in [1.82, 2.24) is 9.97 Å². The summed E-state index contributed by atoms with van der Waals surface area (Å²) < 4.78 is 22.3. The summed E-state index contributed by atoms with van der Waals surface area (Å²) in [5, 5.41) is 5.56. The maximum atomic E-state index is 6.08. The van der Waals surface area contributed by atoms with Gasteiger partial charge in [-0.2, -0.15) is 10.1 Å². The van der Waals surface area contributed by atoms with Crippen molar-refractivity contribution in [3.05, 3.63) is 71.9 Å². The van der Waals surface area contributed by atoms with E-state index in [-0.39, 0.29) is 0 Å². The molecule has 2 aromatic heterocycles. The maximum Gasteiger partial charge on any atom is 0.217 e. The summed E-state index contributed by atoms with van der Waals surface area (Å²) >= 11 is 0. The van der Waals surface area contributed by atoms with Crippen LogP contribution in [0.1, 0.15) is 11.1 Å². The molecular formula is C28H31N5O4. The van der Waals surface area contributed by atoms with E-state index in [1.54, 1.807) is 20.4 Å². The van der Waals surface area contributed by atoms with Gasteiger partial charge < -0.3 is 28.8 Å². The smallest absolute Gasteiger partial charge is 0.217 e. The number of hydrazone groups is 1. The van der Waals surface area contributed by atoms with Crippen LogP contribution in [0.2, 0.25) is 0 Å². The van der Waals surface area contributed by atoms with E-state index in [0.717, 1.165) is 40.8 Å². The average Bonchev–Trinajstić information content (AvgIpc) is 3.36. The molecule has 0 saturated carbocycles. The Bertz CT molecular complexity index is 1360. The van der Waals surface area contributed by atoms with Crippen LogP contribution in [0.3, 0.4) is 0 Å². The van der Waals surface area contributed by atoms with Crippen molar-refractivity contribution in [2.24, 2.45) is 5.10 Å². The van der Waals surface area contributed by atoms with Gasteiger partial charge in [0, 0.05) is 60.0 Å². The van der Waals surface area contributed by atoms with Crippen molar-refractivity contribution >= 4 is 28.6 Å². The van der Waals surface area contributed by atoms with Crippen molar-refractivity contribution in [3.8, 4) is 17.4 Å². The van der Waals surface area contributed by atoms with E-state index in [2.05, 4.69) is 31.5 Å². The minimum Gasteiger partial charge on any atom is -0.493 e. The third kappa shape index (κ3) is 5.95. The number of hydrogen-bond acceptors (Lipinski definition) is 8. The molecule has 5 rings (SSSR count). The fourth-order valence-corrected chi connectivity index (χ4v) is 4.31. The standard InChI is InChI=1S/C28H31N5O4/c1-34-25-8-7-20(15-26(25)35-2)9-12-37-28-17-22(33-10-13-36-14-11-33)16-27(31-28)32-30-19-21-18-29-24-6-4-3-5-23(21)24/h3-8,15-19,29H,9-14H2,1-2H3,(H,31,32)/b30-19-. The lowest BCUT2D eigenvalue weighted by molar-refractivity contribution is 0.122. The minimum absolute atomic E-state index is 0.465. The first-order valence-electron chi connectivity index (χ1n) is 12.3. The lowest BCUT2D eigenvalue weighted by atomic mass is 10.1. The number of benzene rings is 2. The Morgan fingerprint density at radius 1 is 1.05 bits per heavy atom. The summed E-state index contributed by atoms with van der Waals surface area (Å²) in [6, 6.07) is 18.0. The molecule has 3 heterocycles. The van der Waals surface area contributed by atoms with Crippen molar-refractivity contribution in [3.63, 3.8) is 0 Å². The van der Waals surface area contributed by atoms with Crippen LogP contribution < -0.4 is 24.5 Å². The number of morpholine rings is 1. The average molecular weight is 502 g/mol. The van der Waals surface area contributed by atoms with Crippen LogP contribution in [0.4, 0.5) is 11.5 Å². The van der Waals surface area contributed by atoms with Gasteiger partial charge in [0.25, 0.3) is 0 Å². The molecule has 0 unspecified atom stereocenters. The van der Waals surface area contributed by atoms with Gasteiger partial charge in [0.15, 0.2) is 17.3 Å². The molecule has 0 radical (unpaired) electrons. The number of methoxy groups -OCH3 is 2. The summed E-state index contributed by atoms with van der Waals surface area (Å²) in [5.74, 6) is 2.55. The summed E-state index contributed by atoms with van der Waals surface area (Å²) in [5.41, 5.74) is 7.25. The molecule has 192 valence electrons. The number of pyridine rings is 1. The van der Waals surface area contributed by atoms with E-state index in [4.69, 9.17) is 18.9 Å². The summed E-state index contributed by atoms with van der Waals surface area (Å²) in [7, 11) is 3.26. The first-order chi connectivity index (χ1) is 18.2. The quantitative estimate of drug-likeness (QED) is 0.244. The number of aromatic nitrogens is 2. The second-order valence-electron chi connectivity index (χ2n) is 8.60. The molecule has 9 nitrogen and oxygen atoms in total. The van der Waals surface area contributed by atoms with Crippen LogP contribution in [0.25, 0.3) is 10.9 Å². The molecule has 1 aliphatic heterocycles. The molecule has 0 amide bonds. The molecule has 4 aromatic rings. The molecule has 0 aliphatic carbocycles. The second-order valence-corrected chi connectivity index (χ2v) is 8.60. The van der Waals surface area contributed by atoms with Crippen molar-refractivity contribution in [2.45, 2.75) is 6.42 Å². The number of ether oxygens (including phenoxy) is 4. The third-order valence-electron chi connectivity index (χ3n) is 6.26. The Labute approximate surface area is 216 Å². The summed E-state index contributed by atoms with van der Waals surface area (Å²) in [6.07, 6.45) is 4.43. The van der Waals surface area contributed by atoms with Gasteiger partial charge in [0.1, 0.15) is 0 Å². The van der Waals surface area contributed by atoms with Crippen molar-refractivity contribution < 1.29 is 18.9 Å². The predicted octanol–water partition coefficient (Wildman–Crippen LogP) is 4.48. The highest BCUT2D eigenvalue weighted by Crippen LogP contribution is 2.28. The van der Waals surface area contributed by atoms with E-state index in [1.165, 1.54) is 0 Å². The largest absolute Gasteiger partial charge is 0.493 e. The number of aromatic amines is 1. The first-order valence-corrected chi connectivity index (χ1v) is 12.3. The Hall–Kier alpha value is -4.24. The highest BCUT2D eigenvalue weighted by atomic mass is 16.5. The molecule has 0 atom stereocenters. The first kappa shape index (κ1) is 24.5. The number of anilines is 2. The number of H-pyrrole nitrogens is 1. The second kappa shape index (κ2) is 11.7. The third-order valence-corrected chi connectivity index (χ3v) is 6.26. The lowest BCUT2D eigenvalue weighted by Crippen LogP contribution is -2.36. The molecule has 1 fully saturated rings. The van der Waals surface area contributed by atoms with Crippen LogP contribution in [0.5, 0.6) is 17.4 Å². The zero-order chi connectivity index (χ0) is 25.5. The Kier molecular flexibility index (Phi) is 7.71. The van der Waals surface area contributed by atoms with Gasteiger partial charge in [-0.05, 0) is 23.8 Å². The topological polar surface area (TPSA) is 93.2 Å². The molecule has 1 saturated heterocycles. The zero-order valence-corrected chi connectivity index (χ0v) is 21.1. The van der Waals surface area contributed by atoms with Gasteiger partial charge >= 0.3 is 0 Å². The van der Waals surface area contributed by atoms with Gasteiger partial charge in [-0.15, -0.1) is 0 Å². The molecule has 1 aliphatic rings. The van der Waals surface area contributed by atoms with E-state index in [0.29, 0.717) is 49.4 Å². The SMILES string of the molecule is COc1ccc(CCOc2cc(N3CCOCC3)cc(N/N=C\c3c[nH]c4ccccc34)n2)cc1OC. The number of nitrogens with zero attached hydrogens (tertiary/aromatic N) is 3. The van der Waals surface area contributed by atoms with Crippen molar-refractivity contribution in [1.29, 1.82) is 0 Å². The lowest BCUT2D eigenvalue weighted by Gasteiger charge is -2.29. The highest BCUT2D eigenvalue weighted by molar-refractivity contribution is 5.99. The minimum atomic E-state index is 0.465. The van der Waals surface area contributed by atoms with Crippen LogP contribution in [-0.2, 0) is 11.2 Å². The fourth-order valence-electron chi connectivity index (χ4n) is 4.31. The molecule has 37 heavy (non-hydrogen) atoms. The Balaban J connectivity index is 1.30. The predicted molar refractivity (Wildman–Crippen MR) is 146 cm³/mol. The van der Waals surface area contributed by atoms with Gasteiger partial charge in [0.05, 0.1) is 40.3 Å². The fraction of sp³-hybridized carbons (Fsp3) is 0.286. The molecule has 2 N–H and O–H groups in total. The number of fused-ring (bicyclic) bond motifs is 1. The summed E-state index contributed by atoms with van der Waals surface area (Å²) in [4.78, 5) is 10.2. The van der Waals surface area contributed by atoms with Gasteiger partial charge in [-0.25, -0.2) is 0 Å². The molecule has 2 aromatic carbocycles. The Morgan fingerprint density at radius 2 is 1.89 bits per heavy atom. The van der Waals surface area contributed by atoms with Gasteiger partial charge in [0.2, 0.25) is 5.88 Å². The molecule has 0 bridgehead atoms. The molecule has 9 heteroatoms. The van der Waals surface area contributed by atoms with Crippen LogP contribution in [-0.4, -0.2) is 63.3 Å². The number of rotatable bonds is 10. The van der Waals surface area contributed by atoms with Crippen molar-refractivity contribution in [2.75, 3.05) is 57.5 Å². The number of para-hydroxylation sites is 1. The van der Waals surface area contributed by atoms with Crippen LogP contribution >= 0.6 is 0 Å². The van der Waals surface area contributed by atoms with E-state index in [9.17, 15) is 0 Å². The normalized spacial score (nSPS) is 13.7. The summed E-state index contributed by atoms with van der Waals surface area (Å²) in [6.45, 7) is 3.48. The number of nitrogens with one attached hydrogen (secondary N) is 2. The monoisotopic (exact) mass is 501 g/mol. The molecule has 0 spiro atoms. The van der Waals surface area contributed by atoms with Crippen LogP contribution in [0.15, 0.2) is 65.9 Å².